The van der Waals surface area contributed by atoms with Gasteiger partial charge in [0, 0.05) is 31.7 Å². The maximum atomic E-state index is 4.79. The van der Waals surface area contributed by atoms with E-state index in [9.17, 15) is 0 Å². The molecule has 0 aliphatic carbocycles. The first-order chi connectivity index (χ1) is 10.6. The number of likely N-dealkylation sites (tertiary alicyclic amines) is 1. The van der Waals surface area contributed by atoms with Crippen LogP contribution < -0.4 is 10.6 Å². The maximum Gasteiger partial charge on any atom is 0.191 e. The highest BCUT2D eigenvalue weighted by Crippen LogP contribution is 2.16. The topological polar surface area (TPSA) is 42.9 Å². The summed E-state index contributed by atoms with van der Waals surface area (Å²) in [4.78, 5) is 9.73. The van der Waals surface area contributed by atoms with Crippen LogP contribution in [-0.2, 0) is 0 Å². The molecule has 0 aromatic carbocycles. The summed E-state index contributed by atoms with van der Waals surface area (Å²) < 4.78 is 0. The highest BCUT2D eigenvalue weighted by molar-refractivity contribution is 5.79. The zero-order valence-electron chi connectivity index (χ0n) is 15.4. The highest BCUT2D eigenvalue weighted by Gasteiger charge is 2.22. The van der Waals surface area contributed by atoms with Crippen LogP contribution in [0.5, 0.6) is 0 Å². The van der Waals surface area contributed by atoms with E-state index in [-0.39, 0.29) is 0 Å². The third-order valence-electron chi connectivity index (χ3n) is 4.81. The molecule has 1 fully saturated rings. The SMILES string of the molecule is CCNC(=NCC1CCCN1CC)NCCN(C)C(C)CC. The van der Waals surface area contributed by atoms with Crippen LogP contribution in [0.1, 0.15) is 47.0 Å². The molecular formula is C17H37N5. The standard InChI is InChI=1S/C17H37N5/c1-6-15(4)21(5)13-11-19-17(18-7-2)20-14-16-10-9-12-22(16)8-3/h15-16H,6-14H2,1-5H3,(H2,18,19,20). The van der Waals surface area contributed by atoms with Gasteiger partial charge < -0.3 is 15.5 Å². The zero-order valence-corrected chi connectivity index (χ0v) is 15.4. The van der Waals surface area contributed by atoms with Gasteiger partial charge in [-0.2, -0.15) is 0 Å². The van der Waals surface area contributed by atoms with E-state index in [1.807, 2.05) is 0 Å². The molecule has 1 aliphatic rings. The summed E-state index contributed by atoms with van der Waals surface area (Å²) in [7, 11) is 2.19. The lowest BCUT2D eigenvalue weighted by Gasteiger charge is -2.24. The predicted molar refractivity (Wildman–Crippen MR) is 96.6 cm³/mol. The van der Waals surface area contributed by atoms with Crippen molar-refractivity contribution in [2.45, 2.75) is 59.0 Å². The average Bonchev–Trinajstić information content (AvgIpc) is 2.99. The monoisotopic (exact) mass is 311 g/mol. The molecule has 2 atom stereocenters. The fourth-order valence-electron chi connectivity index (χ4n) is 2.94. The summed E-state index contributed by atoms with van der Waals surface area (Å²) in [5, 5.41) is 6.82. The van der Waals surface area contributed by atoms with E-state index in [1.54, 1.807) is 0 Å². The lowest BCUT2D eigenvalue weighted by Crippen LogP contribution is -2.43. The highest BCUT2D eigenvalue weighted by atomic mass is 15.2. The first-order valence-corrected chi connectivity index (χ1v) is 9.08. The number of nitrogens with one attached hydrogen (secondary N) is 2. The van der Waals surface area contributed by atoms with Gasteiger partial charge in [0.1, 0.15) is 0 Å². The lowest BCUT2D eigenvalue weighted by atomic mass is 10.2. The Bertz CT molecular complexity index is 318. The Kier molecular flexibility index (Phi) is 9.48. The van der Waals surface area contributed by atoms with Crippen molar-refractivity contribution in [3.8, 4) is 0 Å². The number of rotatable bonds is 9. The van der Waals surface area contributed by atoms with E-state index in [2.05, 4.69) is 55.2 Å². The third-order valence-corrected chi connectivity index (χ3v) is 4.81. The van der Waals surface area contributed by atoms with Gasteiger partial charge in [-0.3, -0.25) is 9.89 Å². The molecule has 0 amide bonds. The van der Waals surface area contributed by atoms with Gasteiger partial charge in [-0.05, 0) is 53.2 Å². The summed E-state index contributed by atoms with van der Waals surface area (Å²) in [5.41, 5.74) is 0. The van der Waals surface area contributed by atoms with Crippen LogP contribution in [0.2, 0.25) is 0 Å². The maximum absolute atomic E-state index is 4.79. The van der Waals surface area contributed by atoms with Crippen molar-refractivity contribution in [2.75, 3.05) is 46.3 Å². The van der Waals surface area contributed by atoms with Crippen molar-refractivity contribution in [1.29, 1.82) is 0 Å². The van der Waals surface area contributed by atoms with Gasteiger partial charge in [0.05, 0.1) is 6.54 Å². The Labute approximate surface area is 137 Å². The minimum atomic E-state index is 0.628. The van der Waals surface area contributed by atoms with Crippen molar-refractivity contribution in [1.82, 2.24) is 20.4 Å². The van der Waals surface area contributed by atoms with E-state index in [0.717, 1.165) is 38.7 Å². The molecule has 5 heteroatoms. The Morgan fingerprint density at radius 2 is 2.09 bits per heavy atom. The number of guanidine groups is 1. The van der Waals surface area contributed by atoms with Gasteiger partial charge in [0.15, 0.2) is 5.96 Å². The number of hydrogen-bond donors (Lipinski definition) is 2. The van der Waals surface area contributed by atoms with Crippen LogP contribution in [0.4, 0.5) is 0 Å². The molecule has 1 rings (SSSR count). The summed E-state index contributed by atoms with van der Waals surface area (Å²) >= 11 is 0. The first-order valence-electron chi connectivity index (χ1n) is 9.08. The van der Waals surface area contributed by atoms with Gasteiger partial charge in [-0.25, -0.2) is 0 Å². The molecule has 0 aromatic rings. The molecule has 5 nitrogen and oxygen atoms in total. The van der Waals surface area contributed by atoms with Crippen molar-refractivity contribution in [3.05, 3.63) is 0 Å². The largest absolute Gasteiger partial charge is 0.357 e. The van der Waals surface area contributed by atoms with Crippen molar-refractivity contribution >= 4 is 5.96 Å². The molecule has 0 spiro atoms. The minimum Gasteiger partial charge on any atom is -0.357 e. The van der Waals surface area contributed by atoms with E-state index in [4.69, 9.17) is 4.99 Å². The van der Waals surface area contributed by atoms with Crippen LogP contribution >= 0.6 is 0 Å². The molecule has 1 saturated heterocycles. The van der Waals surface area contributed by atoms with Crippen molar-refractivity contribution in [2.24, 2.45) is 4.99 Å². The third kappa shape index (κ3) is 6.53. The van der Waals surface area contributed by atoms with E-state index in [0.29, 0.717) is 12.1 Å². The second kappa shape index (κ2) is 10.8. The Morgan fingerprint density at radius 3 is 2.73 bits per heavy atom. The molecule has 22 heavy (non-hydrogen) atoms. The number of hydrogen-bond acceptors (Lipinski definition) is 3. The van der Waals surface area contributed by atoms with E-state index < -0.39 is 0 Å². The Hall–Kier alpha value is -0.810. The molecule has 0 radical (unpaired) electrons. The molecule has 130 valence electrons. The molecule has 0 bridgehead atoms. The molecule has 1 aliphatic heterocycles. The summed E-state index contributed by atoms with van der Waals surface area (Å²) in [6.07, 6.45) is 3.80. The smallest absolute Gasteiger partial charge is 0.191 e. The normalized spacial score (nSPS) is 21.4. The van der Waals surface area contributed by atoms with Crippen LogP contribution in [0.3, 0.4) is 0 Å². The van der Waals surface area contributed by atoms with Crippen LogP contribution in [-0.4, -0.2) is 74.2 Å². The van der Waals surface area contributed by atoms with Gasteiger partial charge in [0.25, 0.3) is 0 Å². The Morgan fingerprint density at radius 1 is 1.32 bits per heavy atom. The van der Waals surface area contributed by atoms with Crippen molar-refractivity contribution < 1.29 is 0 Å². The Balaban J connectivity index is 2.38. The minimum absolute atomic E-state index is 0.628. The molecular weight excluding hydrogens is 274 g/mol. The molecule has 0 saturated carbocycles. The van der Waals surface area contributed by atoms with E-state index in [1.165, 1.54) is 25.8 Å². The quantitative estimate of drug-likeness (QED) is 0.503. The number of nitrogens with zero attached hydrogens (tertiary/aromatic N) is 3. The fraction of sp³-hybridized carbons (Fsp3) is 0.941. The molecule has 1 heterocycles. The first kappa shape index (κ1) is 19.2. The van der Waals surface area contributed by atoms with Crippen molar-refractivity contribution in [3.63, 3.8) is 0 Å². The summed E-state index contributed by atoms with van der Waals surface area (Å²) in [6, 6.07) is 1.26. The van der Waals surface area contributed by atoms with Gasteiger partial charge in [-0.1, -0.05) is 13.8 Å². The summed E-state index contributed by atoms with van der Waals surface area (Å²) in [5.74, 6) is 0.961. The van der Waals surface area contributed by atoms with Gasteiger partial charge >= 0.3 is 0 Å². The lowest BCUT2D eigenvalue weighted by molar-refractivity contribution is 0.255. The van der Waals surface area contributed by atoms with E-state index >= 15 is 0 Å². The fourth-order valence-corrected chi connectivity index (χ4v) is 2.94. The van der Waals surface area contributed by atoms with Crippen LogP contribution in [0.25, 0.3) is 0 Å². The summed E-state index contributed by atoms with van der Waals surface area (Å²) in [6.45, 7) is 15.1. The molecule has 0 aromatic heterocycles. The average molecular weight is 312 g/mol. The number of aliphatic imine (C=N–C) groups is 1. The number of likely N-dealkylation sites (N-methyl/N-ethyl adjacent to an activating group) is 2. The predicted octanol–water partition coefficient (Wildman–Crippen LogP) is 1.76. The second-order valence-corrected chi connectivity index (χ2v) is 6.31. The van der Waals surface area contributed by atoms with Gasteiger partial charge in [0.2, 0.25) is 0 Å². The van der Waals surface area contributed by atoms with Gasteiger partial charge in [-0.15, -0.1) is 0 Å². The van der Waals surface area contributed by atoms with Crippen LogP contribution in [0, 0.1) is 0 Å². The molecule has 2 N–H and O–H groups in total. The second-order valence-electron chi connectivity index (χ2n) is 6.31. The molecule has 2 unspecified atom stereocenters. The zero-order chi connectivity index (χ0) is 16.4. The van der Waals surface area contributed by atoms with Crippen LogP contribution in [0.15, 0.2) is 4.99 Å².